The van der Waals surface area contributed by atoms with E-state index in [4.69, 9.17) is 13.9 Å². The van der Waals surface area contributed by atoms with E-state index in [1.807, 2.05) is 4.72 Å². The average molecular weight is 467 g/mol. The van der Waals surface area contributed by atoms with Crippen LogP contribution in [0.4, 0.5) is 10.7 Å². The molecular formula is C17H18N6O6S2. The van der Waals surface area contributed by atoms with Gasteiger partial charge in [0.05, 0.1) is 31.6 Å². The molecule has 0 aliphatic carbocycles. The molecule has 0 spiro atoms. The zero-order valence-corrected chi connectivity index (χ0v) is 18.3. The van der Waals surface area contributed by atoms with Crippen LogP contribution in [0.5, 0.6) is 11.8 Å². The predicted molar refractivity (Wildman–Crippen MR) is 110 cm³/mol. The molecule has 3 rings (SSSR count). The number of rotatable bonds is 8. The number of urea groups is 1. The van der Waals surface area contributed by atoms with Crippen LogP contribution in [0.3, 0.4) is 0 Å². The van der Waals surface area contributed by atoms with E-state index < -0.39 is 16.1 Å². The summed E-state index contributed by atoms with van der Waals surface area (Å²) in [4.78, 5) is 20.0. The van der Waals surface area contributed by atoms with Crippen LogP contribution >= 0.6 is 11.8 Å². The topological polar surface area (TPSA) is 158 Å². The summed E-state index contributed by atoms with van der Waals surface area (Å²) in [5, 5.41) is 10.3. The Hall–Kier alpha value is -3.39. The van der Waals surface area contributed by atoms with Crippen molar-refractivity contribution >= 4 is 33.8 Å². The van der Waals surface area contributed by atoms with Gasteiger partial charge in [-0.25, -0.2) is 17.9 Å². The Kier molecular flexibility index (Phi) is 6.91. The summed E-state index contributed by atoms with van der Waals surface area (Å²) >= 11 is 1.27. The summed E-state index contributed by atoms with van der Waals surface area (Å²) in [6.07, 6.45) is 1.85. The highest BCUT2D eigenvalue weighted by atomic mass is 32.2. The molecule has 0 bridgehead atoms. The van der Waals surface area contributed by atoms with Gasteiger partial charge in [0.1, 0.15) is 0 Å². The smallest absolute Gasteiger partial charge is 0.335 e. The highest BCUT2D eigenvalue weighted by Crippen LogP contribution is 2.21. The number of benzene rings is 1. The summed E-state index contributed by atoms with van der Waals surface area (Å²) < 4.78 is 43.0. The molecule has 2 aromatic heterocycles. The van der Waals surface area contributed by atoms with Gasteiger partial charge in [0.25, 0.3) is 15.2 Å². The van der Waals surface area contributed by atoms with Crippen LogP contribution in [0.1, 0.15) is 11.5 Å². The van der Waals surface area contributed by atoms with Crippen molar-refractivity contribution in [3.8, 4) is 11.8 Å². The van der Waals surface area contributed by atoms with Crippen molar-refractivity contribution in [2.75, 3.05) is 25.8 Å². The van der Waals surface area contributed by atoms with E-state index in [1.165, 1.54) is 44.2 Å². The third-order valence-electron chi connectivity index (χ3n) is 3.78. The fourth-order valence-corrected chi connectivity index (χ4v) is 3.89. The van der Waals surface area contributed by atoms with E-state index in [0.717, 1.165) is 0 Å². The second-order valence-corrected chi connectivity index (χ2v) is 8.19. The highest BCUT2D eigenvalue weighted by molar-refractivity contribution is 7.98. The maximum Gasteiger partial charge on any atom is 0.335 e. The molecule has 0 saturated heterocycles. The van der Waals surface area contributed by atoms with Crippen molar-refractivity contribution in [3.05, 3.63) is 41.8 Å². The first-order valence-electron chi connectivity index (χ1n) is 8.59. The number of nitrogens with zero attached hydrogens (tertiary/aromatic N) is 4. The lowest BCUT2D eigenvalue weighted by Crippen LogP contribution is -2.35. The third kappa shape index (κ3) is 5.61. The zero-order valence-electron chi connectivity index (χ0n) is 16.6. The Morgan fingerprint density at radius 3 is 2.42 bits per heavy atom. The first-order chi connectivity index (χ1) is 14.8. The van der Waals surface area contributed by atoms with Crippen LogP contribution in [0.2, 0.25) is 0 Å². The minimum atomic E-state index is -4.24. The van der Waals surface area contributed by atoms with E-state index >= 15 is 0 Å². The first-order valence-corrected chi connectivity index (χ1v) is 11.3. The molecule has 0 radical (unpaired) electrons. The third-order valence-corrected chi connectivity index (χ3v) is 5.72. The van der Waals surface area contributed by atoms with Gasteiger partial charge in [-0.05, 0) is 17.9 Å². The molecule has 0 saturated carbocycles. The molecule has 31 heavy (non-hydrogen) atoms. The van der Waals surface area contributed by atoms with Crippen molar-refractivity contribution < 1.29 is 27.1 Å². The van der Waals surface area contributed by atoms with Gasteiger partial charge in [-0.2, -0.15) is 9.97 Å². The predicted octanol–water partition coefficient (Wildman–Crippen LogP) is 1.70. The Balaban J connectivity index is 1.78. The molecule has 1 aromatic carbocycles. The van der Waals surface area contributed by atoms with Crippen molar-refractivity contribution in [3.63, 3.8) is 0 Å². The van der Waals surface area contributed by atoms with Crippen molar-refractivity contribution in [2.45, 2.75) is 16.5 Å². The van der Waals surface area contributed by atoms with E-state index in [0.29, 0.717) is 10.8 Å². The fraction of sp³-hybridized carbons (Fsp3) is 0.235. The molecule has 0 fully saturated rings. The number of sulfonamides is 1. The molecule has 3 aromatic rings. The molecular weight excluding hydrogens is 448 g/mol. The van der Waals surface area contributed by atoms with Gasteiger partial charge < -0.3 is 13.9 Å². The van der Waals surface area contributed by atoms with Gasteiger partial charge in [0.2, 0.25) is 23.6 Å². The van der Waals surface area contributed by atoms with Crippen LogP contribution in [0.25, 0.3) is 0 Å². The number of hydrogen-bond donors (Lipinski definition) is 2. The zero-order chi connectivity index (χ0) is 22.4. The largest absolute Gasteiger partial charge is 0.481 e. The molecule has 164 valence electrons. The number of amides is 2. The number of carbonyl (C=O) groups is 1. The second kappa shape index (κ2) is 9.61. The maximum absolute atomic E-state index is 12.8. The fourth-order valence-electron chi connectivity index (χ4n) is 2.44. The van der Waals surface area contributed by atoms with E-state index in [2.05, 4.69) is 25.5 Å². The molecule has 0 aliphatic heterocycles. The van der Waals surface area contributed by atoms with Gasteiger partial charge in [-0.3, -0.25) is 5.32 Å². The van der Waals surface area contributed by atoms with Crippen LogP contribution in [-0.4, -0.2) is 55.1 Å². The number of anilines is 1. The number of carbonyl (C=O) groups excluding carboxylic acids is 1. The average Bonchev–Trinajstić information content (AvgIpc) is 3.20. The lowest BCUT2D eigenvalue weighted by Gasteiger charge is -2.11. The van der Waals surface area contributed by atoms with E-state index in [-0.39, 0.29) is 34.9 Å². The van der Waals surface area contributed by atoms with Crippen LogP contribution in [0, 0.1) is 0 Å². The van der Waals surface area contributed by atoms with Gasteiger partial charge in [-0.1, -0.05) is 30.0 Å². The molecule has 0 atom stereocenters. The van der Waals surface area contributed by atoms with Crippen LogP contribution < -0.4 is 19.5 Å². The molecule has 0 aliphatic rings. The van der Waals surface area contributed by atoms with Gasteiger partial charge in [-0.15, -0.1) is 10.2 Å². The molecule has 12 nitrogen and oxygen atoms in total. The number of methoxy groups -OCH3 is 2. The summed E-state index contributed by atoms with van der Waals surface area (Å²) in [5.74, 6) is 0.292. The normalized spacial score (nSPS) is 11.1. The van der Waals surface area contributed by atoms with Gasteiger partial charge in [0, 0.05) is 0 Å². The summed E-state index contributed by atoms with van der Waals surface area (Å²) in [7, 11) is -1.49. The standard InChI is InChI=1S/C17H18N6O6S2/c1-27-12-9-13(28-2)19-15(18-12)20-16(24)23-31(25,26)11-7-5-4-6-10(11)8-14-21-22-17(29-14)30-3/h4-7,9H,8H2,1-3H3,(H2,18,19,20,23,24). The minimum Gasteiger partial charge on any atom is -0.481 e. The second-order valence-electron chi connectivity index (χ2n) is 5.79. The molecule has 2 heterocycles. The number of nitrogens with one attached hydrogen (secondary N) is 2. The van der Waals surface area contributed by atoms with Gasteiger partial charge >= 0.3 is 6.03 Å². The highest BCUT2D eigenvalue weighted by Gasteiger charge is 2.23. The first kappa shape index (κ1) is 22.3. The maximum atomic E-state index is 12.8. The number of aromatic nitrogens is 4. The van der Waals surface area contributed by atoms with Crippen molar-refractivity contribution in [2.24, 2.45) is 0 Å². The van der Waals surface area contributed by atoms with Crippen molar-refractivity contribution in [1.82, 2.24) is 24.9 Å². The Labute approximate surface area is 181 Å². The molecule has 2 N–H and O–H groups in total. The summed E-state index contributed by atoms with van der Waals surface area (Å²) in [6, 6.07) is 6.49. The minimum absolute atomic E-state index is 0.0719. The van der Waals surface area contributed by atoms with E-state index in [1.54, 1.807) is 18.4 Å². The van der Waals surface area contributed by atoms with E-state index in [9.17, 15) is 13.2 Å². The molecule has 14 heteroatoms. The number of ether oxygens (including phenoxy) is 2. The van der Waals surface area contributed by atoms with Crippen LogP contribution in [-0.2, 0) is 16.4 Å². The van der Waals surface area contributed by atoms with Gasteiger partial charge in [0.15, 0.2) is 0 Å². The van der Waals surface area contributed by atoms with Crippen LogP contribution in [0.15, 0.2) is 44.9 Å². The Morgan fingerprint density at radius 2 is 1.81 bits per heavy atom. The lowest BCUT2D eigenvalue weighted by atomic mass is 10.1. The lowest BCUT2D eigenvalue weighted by molar-refractivity contribution is 0.256. The number of hydrogen-bond acceptors (Lipinski definition) is 11. The number of thioether (sulfide) groups is 1. The van der Waals surface area contributed by atoms with Crippen molar-refractivity contribution in [1.29, 1.82) is 0 Å². The molecule has 0 unspecified atom stereocenters. The Morgan fingerprint density at radius 1 is 1.13 bits per heavy atom. The molecule has 2 amide bonds. The SMILES string of the molecule is COc1cc(OC)nc(NC(=O)NS(=O)(=O)c2ccccc2Cc2nnc(SC)o2)n1. The Bertz CT molecular complexity index is 1160. The quantitative estimate of drug-likeness (QED) is 0.465. The summed E-state index contributed by atoms with van der Waals surface area (Å²) in [5.41, 5.74) is 0.374. The summed E-state index contributed by atoms with van der Waals surface area (Å²) in [6.45, 7) is 0. The monoisotopic (exact) mass is 466 g/mol.